The molecule has 1 aromatic carbocycles. The Labute approximate surface area is 113 Å². The highest BCUT2D eigenvalue weighted by molar-refractivity contribution is 5.97. The Morgan fingerprint density at radius 3 is 2.84 bits per heavy atom. The van der Waals surface area contributed by atoms with Crippen LogP contribution in [0.3, 0.4) is 0 Å². The van der Waals surface area contributed by atoms with E-state index in [1.54, 1.807) is 24.3 Å². The molecule has 3 rings (SSSR count). The molecule has 102 valence electrons. The number of benzene rings is 1. The van der Waals surface area contributed by atoms with Crippen molar-refractivity contribution >= 4 is 5.91 Å². The quantitative estimate of drug-likeness (QED) is 0.851. The van der Waals surface area contributed by atoms with Crippen molar-refractivity contribution in [2.24, 2.45) is 0 Å². The number of carbonyl (C=O) groups is 1. The van der Waals surface area contributed by atoms with Crippen LogP contribution in [-0.2, 0) is 0 Å². The van der Waals surface area contributed by atoms with E-state index in [-0.39, 0.29) is 17.7 Å². The highest BCUT2D eigenvalue weighted by atomic mass is 16.3. The zero-order chi connectivity index (χ0) is 13.2. The van der Waals surface area contributed by atoms with Gasteiger partial charge in [-0.1, -0.05) is 12.1 Å². The van der Waals surface area contributed by atoms with E-state index >= 15 is 0 Å². The van der Waals surface area contributed by atoms with Gasteiger partial charge in [0.15, 0.2) is 0 Å². The van der Waals surface area contributed by atoms with Crippen molar-refractivity contribution in [2.45, 2.75) is 37.8 Å². The maximum atomic E-state index is 12.6. The summed E-state index contributed by atoms with van der Waals surface area (Å²) in [7, 11) is 0. The topological polar surface area (TPSA) is 52.6 Å². The van der Waals surface area contributed by atoms with Gasteiger partial charge in [0.25, 0.3) is 5.91 Å². The molecule has 2 atom stereocenters. The van der Waals surface area contributed by atoms with Crippen LogP contribution in [0, 0.1) is 0 Å². The van der Waals surface area contributed by atoms with Gasteiger partial charge in [0.1, 0.15) is 5.75 Å². The Morgan fingerprint density at radius 2 is 2.11 bits per heavy atom. The summed E-state index contributed by atoms with van der Waals surface area (Å²) in [6.07, 6.45) is 4.47. The number of nitrogens with zero attached hydrogens (tertiary/aromatic N) is 1. The highest BCUT2D eigenvalue weighted by Gasteiger charge is 2.36. The smallest absolute Gasteiger partial charge is 0.257 e. The first-order chi connectivity index (χ1) is 9.27. The van der Waals surface area contributed by atoms with E-state index in [2.05, 4.69) is 5.32 Å². The average molecular weight is 260 g/mol. The van der Waals surface area contributed by atoms with Crippen LogP contribution in [0.15, 0.2) is 24.3 Å². The minimum Gasteiger partial charge on any atom is -0.507 e. The summed E-state index contributed by atoms with van der Waals surface area (Å²) in [5, 5.41) is 13.3. The number of phenolic OH excluding ortho intramolecular Hbond substituents is 1. The summed E-state index contributed by atoms with van der Waals surface area (Å²) < 4.78 is 0. The lowest BCUT2D eigenvalue weighted by Crippen LogP contribution is -2.46. The van der Waals surface area contributed by atoms with Crippen molar-refractivity contribution in [1.82, 2.24) is 10.2 Å². The number of carbonyl (C=O) groups excluding carboxylic acids is 1. The molecule has 4 heteroatoms. The Morgan fingerprint density at radius 1 is 1.26 bits per heavy atom. The van der Waals surface area contributed by atoms with Crippen LogP contribution in [0.1, 0.15) is 36.0 Å². The molecular formula is C15H20N2O2. The van der Waals surface area contributed by atoms with Gasteiger partial charge in [0.2, 0.25) is 0 Å². The van der Waals surface area contributed by atoms with Gasteiger partial charge in [-0.05, 0) is 44.4 Å². The lowest BCUT2D eigenvalue weighted by atomic mass is 10.0. The molecule has 2 aliphatic rings. The molecule has 2 saturated heterocycles. The second-order valence-electron chi connectivity index (χ2n) is 5.43. The van der Waals surface area contributed by atoms with Crippen molar-refractivity contribution in [2.75, 3.05) is 13.1 Å². The summed E-state index contributed by atoms with van der Waals surface area (Å²) in [4.78, 5) is 14.5. The second-order valence-corrected chi connectivity index (χ2v) is 5.43. The van der Waals surface area contributed by atoms with Gasteiger partial charge in [0, 0.05) is 18.6 Å². The van der Waals surface area contributed by atoms with E-state index in [0.29, 0.717) is 11.6 Å². The van der Waals surface area contributed by atoms with Gasteiger partial charge in [-0.2, -0.15) is 0 Å². The first kappa shape index (κ1) is 12.5. The second kappa shape index (κ2) is 5.21. The molecule has 4 nitrogen and oxygen atoms in total. The number of nitrogens with one attached hydrogen (secondary N) is 1. The molecule has 0 aromatic heterocycles. The summed E-state index contributed by atoms with van der Waals surface area (Å²) >= 11 is 0. The third-order valence-corrected chi connectivity index (χ3v) is 4.26. The number of hydrogen-bond donors (Lipinski definition) is 2. The molecular weight excluding hydrogens is 240 g/mol. The van der Waals surface area contributed by atoms with Crippen LogP contribution >= 0.6 is 0 Å². The highest BCUT2D eigenvalue weighted by Crippen LogP contribution is 2.28. The number of phenols is 1. The van der Waals surface area contributed by atoms with Gasteiger partial charge in [-0.25, -0.2) is 0 Å². The van der Waals surface area contributed by atoms with E-state index < -0.39 is 0 Å². The standard InChI is InChI=1S/C15H20N2O2/c18-14-8-2-1-5-11(14)15(19)17-10-4-7-13(17)12-6-3-9-16-12/h1-2,5,8,12-13,16,18H,3-4,6-7,9-10H2. The monoisotopic (exact) mass is 260 g/mol. The number of rotatable bonds is 2. The van der Waals surface area contributed by atoms with E-state index in [1.807, 2.05) is 4.90 Å². The van der Waals surface area contributed by atoms with Crippen LogP contribution in [0.4, 0.5) is 0 Å². The van der Waals surface area contributed by atoms with Crippen LogP contribution < -0.4 is 5.32 Å². The largest absolute Gasteiger partial charge is 0.507 e. The van der Waals surface area contributed by atoms with E-state index in [4.69, 9.17) is 0 Å². The van der Waals surface area contributed by atoms with Gasteiger partial charge < -0.3 is 15.3 Å². The molecule has 0 bridgehead atoms. The van der Waals surface area contributed by atoms with Crippen molar-refractivity contribution in [3.8, 4) is 5.75 Å². The molecule has 0 aliphatic carbocycles. The third-order valence-electron chi connectivity index (χ3n) is 4.26. The first-order valence-electron chi connectivity index (χ1n) is 7.10. The van der Waals surface area contributed by atoms with Crippen LogP contribution in [0.25, 0.3) is 0 Å². The Bertz CT molecular complexity index is 469. The number of hydrogen-bond acceptors (Lipinski definition) is 3. The Kier molecular flexibility index (Phi) is 3.42. The van der Waals surface area contributed by atoms with Crippen molar-refractivity contribution in [3.05, 3.63) is 29.8 Å². The van der Waals surface area contributed by atoms with E-state index in [0.717, 1.165) is 32.4 Å². The molecule has 2 aliphatic heterocycles. The van der Waals surface area contributed by atoms with E-state index in [9.17, 15) is 9.90 Å². The summed E-state index contributed by atoms with van der Waals surface area (Å²) in [5.41, 5.74) is 0.424. The molecule has 2 heterocycles. The van der Waals surface area contributed by atoms with Crippen molar-refractivity contribution < 1.29 is 9.90 Å². The number of para-hydroxylation sites is 1. The molecule has 1 aromatic rings. The van der Waals surface area contributed by atoms with E-state index in [1.165, 1.54) is 6.42 Å². The molecule has 2 N–H and O–H groups in total. The number of aromatic hydroxyl groups is 1. The lowest BCUT2D eigenvalue weighted by Gasteiger charge is -2.29. The Hall–Kier alpha value is -1.55. The fraction of sp³-hybridized carbons (Fsp3) is 0.533. The zero-order valence-electron chi connectivity index (χ0n) is 11.0. The molecule has 0 radical (unpaired) electrons. The maximum absolute atomic E-state index is 12.6. The minimum atomic E-state index is -0.0331. The average Bonchev–Trinajstić information content (AvgIpc) is 3.09. The van der Waals surface area contributed by atoms with Gasteiger partial charge in [-0.15, -0.1) is 0 Å². The summed E-state index contributed by atoms with van der Waals surface area (Å²) in [5.74, 6) is 0.0480. The summed E-state index contributed by atoms with van der Waals surface area (Å²) in [6, 6.07) is 7.53. The van der Waals surface area contributed by atoms with Gasteiger partial charge >= 0.3 is 0 Å². The molecule has 2 fully saturated rings. The predicted octanol–water partition coefficient (Wildman–Crippen LogP) is 1.75. The fourth-order valence-electron chi connectivity index (χ4n) is 3.31. The SMILES string of the molecule is O=C(c1ccccc1O)N1CCCC1C1CCCN1. The van der Waals surface area contributed by atoms with Gasteiger partial charge in [0.05, 0.1) is 5.56 Å². The van der Waals surface area contributed by atoms with Crippen LogP contribution in [0.5, 0.6) is 5.75 Å². The molecule has 0 spiro atoms. The fourth-order valence-corrected chi connectivity index (χ4v) is 3.31. The normalized spacial score (nSPS) is 26.8. The first-order valence-corrected chi connectivity index (χ1v) is 7.10. The van der Waals surface area contributed by atoms with Crippen LogP contribution in [0.2, 0.25) is 0 Å². The number of likely N-dealkylation sites (tertiary alicyclic amines) is 1. The van der Waals surface area contributed by atoms with Crippen LogP contribution in [-0.4, -0.2) is 41.1 Å². The maximum Gasteiger partial charge on any atom is 0.257 e. The van der Waals surface area contributed by atoms with Gasteiger partial charge in [-0.3, -0.25) is 4.79 Å². The molecule has 2 unspecified atom stereocenters. The number of amides is 1. The van der Waals surface area contributed by atoms with Crippen molar-refractivity contribution in [1.29, 1.82) is 0 Å². The lowest BCUT2D eigenvalue weighted by molar-refractivity contribution is 0.0708. The third kappa shape index (κ3) is 2.32. The molecule has 19 heavy (non-hydrogen) atoms. The Balaban J connectivity index is 1.80. The minimum absolute atomic E-state index is 0.0331. The van der Waals surface area contributed by atoms with Crippen molar-refractivity contribution in [3.63, 3.8) is 0 Å². The predicted molar refractivity (Wildman–Crippen MR) is 73.2 cm³/mol. The molecule has 0 saturated carbocycles. The molecule has 1 amide bonds. The zero-order valence-corrected chi connectivity index (χ0v) is 11.0. The summed E-state index contributed by atoms with van der Waals surface area (Å²) in [6.45, 7) is 1.86.